The van der Waals surface area contributed by atoms with Crippen LogP contribution >= 0.6 is 11.3 Å². The Labute approximate surface area is 106 Å². The molecule has 1 N–H and O–H groups in total. The molecule has 1 aliphatic heterocycles. The van der Waals surface area contributed by atoms with Gasteiger partial charge in [-0.1, -0.05) is 0 Å². The van der Waals surface area contributed by atoms with Crippen molar-refractivity contribution in [1.29, 1.82) is 0 Å². The van der Waals surface area contributed by atoms with Gasteiger partial charge in [-0.2, -0.15) is 4.31 Å². The van der Waals surface area contributed by atoms with Crippen molar-refractivity contribution in [1.82, 2.24) is 4.31 Å². The van der Waals surface area contributed by atoms with Crippen molar-refractivity contribution in [2.45, 2.75) is 44.2 Å². The summed E-state index contributed by atoms with van der Waals surface area (Å²) in [7, 11) is -3.43. The molecule has 0 radical (unpaired) electrons. The van der Waals surface area contributed by atoms with E-state index in [1.807, 2.05) is 6.92 Å². The van der Waals surface area contributed by atoms with Crippen LogP contribution in [0.2, 0.25) is 0 Å². The lowest BCUT2D eigenvalue weighted by molar-refractivity contribution is 0.282. The summed E-state index contributed by atoms with van der Waals surface area (Å²) >= 11 is 1.31. The van der Waals surface area contributed by atoms with Crippen LogP contribution in [-0.2, 0) is 16.6 Å². The zero-order valence-electron chi connectivity index (χ0n) is 10.0. The molecular formula is C11H17NO3S2. The standard InChI is InChI=1S/C11H17NO3S2/c1-8-7-16-10(6-13)11(8)17(14,15)12-5-3-4-9(12)2/h7,9,13H,3-6H2,1-2H3. The number of sulfonamides is 1. The van der Waals surface area contributed by atoms with Gasteiger partial charge >= 0.3 is 0 Å². The van der Waals surface area contributed by atoms with Crippen molar-refractivity contribution >= 4 is 21.4 Å². The molecule has 1 aromatic rings. The molecule has 0 saturated carbocycles. The van der Waals surface area contributed by atoms with Crippen LogP contribution in [0.5, 0.6) is 0 Å². The van der Waals surface area contributed by atoms with Crippen LogP contribution in [0.25, 0.3) is 0 Å². The molecule has 1 aliphatic rings. The van der Waals surface area contributed by atoms with E-state index in [0.29, 0.717) is 16.3 Å². The Balaban J connectivity index is 2.47. The number of aliphatic hydroxyl groups is 1. The van der Waals surface area contributed by atoms with Crippen molar-refractivity contribution in [3.63, 3.8) is 0 Å². The molecule has 6 heteroatoms. The number of rotatable bonds is 3. The molecule has 0 aliphatic carbocycles. The summed E-state index contributed by atoms with van der Waals surface area (Å²) in [5.74, 6) is 0. The van der Waals surface area contributed by atoms with Crippen molar-refractivity contribution in [3.05, 3.63) is 15.8 Å². The van der Waals surface area contributed by atoms with Gasteiger partial charge in [-0.3, -0.25) is 0 Å². The van der Waals surface area contributed by atoms with E-state index in [0.717, 1.165) is 18.4 Å². The van der Waals surface area contributed by atoms with Gasteiger partial charge in [-0.05, 0) is 37.6 Å². The van der Waals surface area contributed by atoms with Crippen molar-refractivity contribution in [3.8, 4) is 0 Å². The minimum Gasteiger partial charge on any atom is -0.391 e. The van der Waals surface area contributed by atoms with E-state index in [9.17, 15) is 13.5 Å². The van der Waals surface area contributed by atoms with Crippen LogP contribution in [0.4, 0.5) is 0 Å². The van der Waals surface area contributed by atoms with Gasteiger partial charge in [0.15, 0.2) is 0 Å². The maximum absolute atomic E-state index is 12.5. The maximum Gasteiger partial charge on any atom is 0.244 e. The summed E-state index contributed by atoms with van der Waals surface area (Å²) in [6, 6.07) is 0.0610. The molecule has 0 bridgehead atoms. The molecule has 1 aromatic heterocycles. The van der Waals surface area contributed by atoms with Gasteiger partial charge in [-0.25, -0.2) is 8.42 Å². The molecule has 0 amide bonds. The van der Waals surface area contributed by atoms with Gasteiger partial charge in [0.05, 0.1) is 11.5 Å². The number of hydrogen-bond donors (Lipinski definition) is 1. The third-order valence-corrected chi connectivity index (χ3v) is 6.65. The fourth-order valence-corrected chi connectivity index (χ4v) is 5.64. The lowest BCUT2D eigenvalue weighted by Gasteiger charge is -2.21. The van der Waals surface area contributed by atoms with Crippen molar-refractivity contribution in [2.24, 2.45) is 0 Å². The molecule has 1 fully saturated rings. The van der Waals surface area contributed by atoms with Crippen LogP contribution in [-0.4, -0.2) is 30.4 Å². The quantitative estimate of drug-likeness (QED) is 0.914. The molecule has 0 aromatic carbocycles. The summed E-state index contributed by atoms with van der Waals surface area (Å²) in [5, 5.41) is 11.0. The number of nitrogens with zero attached hydrogens (tertiary/aromatic N) is 1. The molecule has 1 atom stereocenters. The molecule has 1 unspecified atom stereocenters. The molecule has 17 heavy (non-hydrogen) atoms. The Morgan fingerprint density at radius 3 is 2.82 bits per heavy atom. The highest BCUT2D eigenvalue weighted by atomic mass is 32.2. The fraction of sp³-hybridized carbons (Fsp3) is 0.636. The second kappa shape index (κ2) is 4.68. The first-order valence-electron chi connectivity index (χ1n) is 5.68. The minimum absolute atomic E-state index is 0.0610. The summed E-state index contributed by atoms with van der Waals surface area (Å²) < 4.78 is 26.6. The predicted octanol–water partition coefficient (Wildman–Crippen LogP) is 1.72. The predicted molar refractivity (Wildman–Crippen MR) is 67.6 cm³/mol. The van der Waals surface area contributed by atoms with E-state index in [-0.39, 0.29) is 12.6 Å². The molecule has 2 rings (SSSR count). The first kappa shape index (κ1) is 13.0. The normalized spacial score (nSPS) is 22.2. The summed E-state index contributed by atoms with van der Waals surface area (Å²) in [6.07, 6.45) is 1.83. The Morgan fingerprint density at radius 1 is 1.59 bits per heavy atom. The lowest BCUT2D eigenvalue weighted by atomic mass is 10.3. The number of aliphatic hydroxyl groups excluding tert-OH is 1. The van der Waals surface area contributed by atoms with Crippen molar-refractivity contribution in [2.75, 3.05) is 6.54 Å². The average Bonchev–Trinajstić information content (AvgIpc) is 2.84. The zero-order chi connectivity index (χ0) is 12.6. The highest BCUT2D eigenvalue weighted by Crippen LogP contribution is 2.33. The van der Waals surface area contributed by atoms with E-state index >= 15 is 0 Å². The van der Waals surface area contributed by atoms with Gasteiger partial charge in [0.2, 0.25) is 10.0 Å². The van der Waals surface area contributed by atoms with E-state index < -0.39 is 10.0 Å². The second-order valence-corrected chi connectivity index (χ2v) is 7.23. The molecule has 1 saturated heterocycles. The summed E-state index contributed by atoms with van der Waals surface area (Å²) in [5.41, 5.74) is 0.734. The SMILES string of the molecule is Cc1csc(CO)c1S(=O)(=O)N1CCCC1C. The fourth-order valence-electron chi connectivity index (χ4n) is 2.32. The highest BCUT2D eigenvalue weighted by Gasteiger charge is 2.35. The molecule has 4 nitrogen and oxygen atoms in total. The van der Waals surface area contributed by atoms with E-state index in [4.69, 9.17) is 0 Å². The van der Waals surface area contributed by atoms with E-state index in [1.54, 1.807) is 16.6 Å². The smallest absolute Gasteiger partial charge is 0.244 e. The highest BCUT2D eigenvalue weighted by molar-refractivity contribution is 7.89. The monoisotopic (exact) mass is 275 g/mol. The number of hydrogen-bond acceptors (Lipinski definition) is 4. The average molecular weight is 275 g/mol. The molecule has 2 heterocycles. The van der Waals surface area contributed by atoms with Crippen LogP contribution in [0.3, 0.4) is 0 Å². The Kier molecular flexibility index (Phi) is 3.58. The summed E-state index contributed by atoms with van der Waals surface area (Å²) in [4.78, 5) is 0.861. The third-order valence-electron chi connectivity index (χ3n) is 3.19. The summed E-state index contributed by atoms with van der Waals surface area (Å²) in [6.45, 7) is 4.09. The topological polar surface area (TPSA) is 57.6 Å². The van der Waals surface area contributed by atoms with Gasteiger partial charge in [0.1, 0.15) is 4.90 Å². The maximum atomic E-state index is 12.5. The van der Waals surface area contributed by atoms with Gasteiger partial charge in [0.25, 0.3) is 0 Å². The Hall–Kier alpha value is -0.430. The lowest BCUT2D eigenvalue weighted by Crippen LogP contribution is -2.34. The van der Waals surface area contributed by atoms with Crippen LogP contribution in [0.1, 0.15) is 30.2 Å². The third kappa shape index (κ3) is 2.14. The van der Waals surface area contributed by atoms with Crippen LogP contribution < -0.4 is 0 Å². The Bertz CT molecular complexity index is 507. The molecule has 96 valence electrons. The molecule has 0 spiro atoms. The minimum atomic E-state index is -3.43. The van der Waals surface area contributed by atoms with Crippen molar-refractivity contribution < 1.29 is 13.5 Å². The van der Waals surface area contributed by atoms with Gasteiger partial charge < -0.3 is 5.11 Å². The number of aryl methyl sites for hydroxylation is 1. The van der Waals surface area contributed by atoms with Crippen LogP contribution in [0.15, 0.2) is 10.3 Å². The molecular weight excluding hydrogens is 258 g/mol. The van der Waals surface area contributed by atoms with E-state index in [1.165, 1.54) is 11.3 Å². The Morgan fingerprint density at radius 2 is 2.29 bits per heavy atom. The van der Waals surface area contributed by atoms with Crippen LogP contribution in [0, 0.1) is 6.92 Å². The first-order chi connectivity index (χ1) is 7.98. The largest absolute Gasteiger partial charge is 0.391 e. The van der Waals surface area contributed by atoms with E-state index in [2.05, 4.69) is 0 Å². The second-order valence-electron chi connectivity index (χ2n) is 4.44. The van der Waals surface area contributed by atoms with Gasteiger partial charge in [0, 0.05) is 12.6 Å². The first-order valence-corrected chi connectivity index (χ1v) is 8.00. The van der Waals surface area contributed by atoms with Gasteiger partial charge in [-0.15, -0.1) is 11.3 Å². The zero-order valence-corrected chi connectivity index (χ0v) is 11.6. The number of thiophene rings is 1.